The van der Waals surface area contributed by atoms with Gasteiger partial charge in [-0.05, 0) is 23.8 Å². The fourth-order valence-electron chi connectivity index (χ4n) is 1.64. The summed E-state index contributed by atoms with van der Waals surface area (Å²) in [5.41, 5.74) is 4.45. The van der Waals surface area contributed by atoms with Gasteiger partial charge >= 0.3 is 5.97 Å². The van der Waals surface area contributed by atoms with Crippen LogP contribution in [0.1, 0.15) is 15.9 Å². The third kappa shape index (κ3) is 3.81. The molecule has 20 heavy (non-hydrogen) atoms. The summed E-state index contributed by atoms with van der Waals surface area (Å²) < 4.78 is 0. The molecular formula is C16H14N2O2. The maximum Gasteiger partial charge on any atom is 0.337 e. The van der Waals surface area contributed by atoms with Gasteiger partial charge in [0.1, 0.15) is 0 Å². The predicted octanol–water partition coefficient (Wildman–Crippen LogP) is 3.50. The summed E-state index contributed by atoms with van der Waals surface area (Å²) >= 11 is 0. The van der Waals surface area contributed by atoms with Gasteiger partial charge < -0.3 is 5.11 Å². The van der Waals surface area contributed by atoms with Crippen molar-refractivity contribution in [1.29, 1.82) is 0 Å². The number of carboxylic acids is 1. The molecule has 0 saturated carbocycles. The van der Waals surface area contributed by atoms with E-state index in [4.69, 9.17) is 5.11 Å². The number of carbonyl (C=O) groups is 1. The number of hydrazone groups is 1. The lowest BCUT2D eigenvalue weighted by Gasteiger charge is -2.03. The Balaban J connectivity index is 1.97. The molecule has 0 amide bonds. The summed E-state index contributed by atoms with van der Waals surface area (Å²) in [6.45, 7) is 0. The van der Waals surface area contributed by atoms with E-state index in [0.717, 1.165) is 5.56 Å². The first-order valence-electron chi connectivity index (χ1n) is 6.10. The second-order valence-corrected chi connectivity index (χ2v) is 4.01. The zero-order valence-corrected chi connectivity index (χ0v) is 10.7. The van der Waals surface area contributed by atoms with Crippen LogP contribution in [0.3, 0.4) is 0 Å². The highest BCUT2D eigenvalue weighted by molar-refractivity contribution is 5.94. The van der Waals surface area contributed by atoms with E-state index in [-0.39, 0.29) is 5.56 Å². The molecule has 0 bridgehead atoms. The molecule has 2 aromatic rings. The number of nitrogens with one attached hydrogen (secondary N) is 1. The molecule has 0 aromatic heterocycles. The van der Waals surface area contributed by atoms with Gasteiger partial charge in [-0.15, -0.1) is 0 Å². The number of nitrogens with zero attached hydrogens (tertiary/aromatic N) is 1. The van der Waals surface area contributed by atoms with Crippen molar-refractivity contribution in [3.05, 3.63) is 71.8 Å². The second kappa shape index (κ2) is 6.89. The van der Waals surface area contributed by atoms with Gasteiger partial charge in [-0.3, -0.25) is 5.43 Å². The van der Waals surface area contributed by atoms with Gasteiger partial charge in [-0.25, -0.2) is 4.79 Å². The van der Waals surface area contributed by atoms with Crippen LogP contribution in [-0.2, 0) is 0 Å². The molecule has 0 radical (unpaired) electrons. The van der Waals surface area contributed by atoms with Crippen molar-refractivity contribution in [3.63, 3.8) is 0 Å². The van der Waals surface area contributed by atoms with E-state index in [1.54, 1.807) is 30.5 Å². The quantitative estimate of drug-likeness (QED) is 0.643. The molecule has 0 aliphatic carbocycles. The van der Waals surface area contributed by atoms with Gasteiger partial charge in [0.2, 0.25) is 0 Å². The second-order valence-electron chi connectivity index (χ2n) is 4.01. The van der Waals surface area contributed by atoms with Crippen LogP contribution in [0.15, 0.2) is 65.8 Å². The molecule has 100 valence electrons. The number of rotatable bonds is 5. The highest BCUT2D eigenvalue weighted by Crippen LogP contribution is 2.14. The minimum absolute atomic E-state index is 0.191. The first kappa shape index (κ1) is 13.5. The Hall–Kier alpha value is -2.88. The standard InChI is InChI=1S/C16H14N2O2/c19-16(20)14-10-4-5-11-15(14)18-17-12-6-9-13-7-2-1-3-8-13/h1-12,18H,(H,19,20)/b9-6+,17-12?. The normalized spacial score (nSPS) is 11.0. The molecule has 0 saturated heterocycles. The summed E-state index contributed by atoms with van der Waals surface area (Å²) in [5, 5.41) is 13.0. The average molecular weight is 266 g/mol. The van der Waals surface area contributed by atoms with E-state index in [0.29, 0.717) is 5.69 Å². The van der Waals surface area contributed by atoms with Crippen LogP contribution < -0.4 is 5.43 Å². The summed E-state index contributed by atoms with van der Waals surface area (Å²) in [5.74, 6) is -0.983. The number of hydrogen-bond donors (Lipinski definition) is 2. The van der Waals surface area contributed by atoms with E-state index in [2.05, 4.69) is 10.5 Å². The number of para-hydroxylation sites is 1. The Labute approximate surface area is 117 Å². The molecular weight excluding hydrogens is 252 g/mol. The molecule has 0 spiro atoms. The third-order valence-corrected chi connectivity index (χ3v) is 2.59. The van der Waals surface area contributed by atoms with Gasteiger partial charge in [-0.2, -0.15) is 5.10 Å². The predicted molar refractivity (Wildman–Crippen MR) is 81.0 cm³/mol. The van der Waals surface area contributed by atoms with Crippen LogP contribution >= 0.6 is 0 Å². The molecule has 0 aliphatic rings. The third-order valence-electron chi connectivity index (χ3n) is 2.59. The summed E-state index contributed by atoms with van der Waals surface area (Å²) in [7, 11) is 0. The molecule has 0 atom stereocenters. The van der Waals surface area contributed by atoms with Gasteiger partial charge in [0.15, 0.2) is 0 Å². The van der Waals surface area contributed by atoms with Crippen LogP contribution in [0.2, 0.25) is 0 Å². The summed E-state index contributed by atoms with van der Waals surface area (Å²) in [4.78, 5) is 11.0. The number of benzene rings is 2. The molecule has 2 rings (SSSR count). The first-order chi connectivity index (χ1) is 9.77. The van der Waals surface area contributed by atoms with E-state index >= 15 is 0 Å². The molecule has 2 aromatic carbocycles. The minimum Gasteiger partial charge on any atom is -0.478 e. The van der Waals surface area contributed by atoms with E-state index < -0.39 is 5.97 Å². The highest BCUT2D eigenvalue weighted by atomic mass is 16.4. The molecule has 4 nitrogen and oxygen atoms in total. The van der Waals surface area contributed by atoms with Crippen molar-refractivity contribution in [2.24, 2.45) is 5.10 Å². The zero-order valence-electron chi connectivity index (χ0n) is 10.7. The Kier molecular flexibility index (Phi) is 4.67. The van der Waals surface area contributed by atoms with Crippen LogP contribution in [0, 0.1) is 0 Å². The van der Waals surface area contributed by atoms with Crippen molar-refractivity contribution in [3.8, 4) is 0 Å². The number of carboxylic acid groups (broad SMARTS) is 1. The van der Waals surface area contributed by atoms with Gasteiger partial charge in [0.25, 0.3) is 0 Å². The van der Waals surface area contributed by atoms with E-state index in [9.17, 15) is 4.79 Å². The topological polar surface area (TPSA) is 61.7 Å². The molecule has 4 heteroatoms. The Morgan fingerprint density at radius 1 is 1.05 bits per heavy atom. The fourth-order valence-corrected chi connectivity index (χ4v) is 1.64. The van der Waals surface area contributed by atoms with E-state index in [1.165, 1.54) is 6.07 Å². The monoisotopic (exact) mass is 266 g/mol. The van der Waals surface area contributed by atoms with Crippen LogP contribution in [0.4, 0.5) is 5.69 Å². The van der Waals surface area contributed by atoms with Crippen molar-refractivity contribution < 1.29 is 9.90 Å². The minimum atomic E-state index is -0.983. The lowest BCUT2D eigenvalue weighted by Crippen LogP contribution is -2.01. The number of allylic oxidation sites excluding steroid dienone is 1. The van der Waals surface area contributed by atoms with Gasteiger partial charge in [0.05, 0.1) is 11.3 Å². The number of hydrogen-bond acceptors (Lipinski definition) is 3. The number of anilines is 1. The largest absolute Gasteiger partial charge is 0.478 e. The van der Waals surface area contributed by atoms with Gasteiger partial charge in [0, 0.05) is 6.21 Å². The van der Waals surface area contributed by atoms with Crippen molar-refractivity contribution in [1.82, 2.24) is 0 Å². The fraction of sp³-hybridized carbons (Fsp3) is 0. The maximum atomic E-state index is 11.0. The highest BCUT2D eigenvalue weighted by Gasteiger charge is 2.07. The van der Waals surface area contributed by atoms with Crippen molar-refractivity contribution in [2.75, 3.05) is 5.43 Å². The van der Waals surface area contributed by atoms with Crippen LogP contribution in [0.5, 0.6) is 0 Å². The summed E-state index contributed by atoms with van der Waals surface area (Å²) in [6, 6.07) is 16.5. The first-order valence-corrected chi connectivity index (χ1v) is 6.10. The van der Waals surface area contributed by atoms with Crippen LogP contribution in [0.25, 0.3) is 6.08 Å². The van der Waals surface area contributed by atoms with Crippen molar-refractivity contribution in [2.45, 2.75) is 0 Å². The zero-order chi connectivity index (χ0) is 14.2. The Bertz CT molecular complexity index is 634. The average Bonchev–Trinajstić information content (AvgIpc) is 2.48. The Morgan fingerprint density at radius 2 is 1.75 bits per heavy atom. The molecule has 0 aliphatic heterocycles. The lowest BCUT2D eigenvalue weighted by molar-refractivity contribution is 0.0698. The Morgan fingerprint density at radius 3 is 2.50 bits per heavy atom. The lowest BCUT2D eigenvalue weighted by atomic mass is 10.2. The van der Waals surface area contributed by atoms with E-state index in [1.807, 2.05) is 36.4 Å². The smallest absolute Gasteiger partial charge is 0.337 e. The molecule has 0 fully saturated rings. The van der Waals surface area contributed by atoms with Crippen molar-refractivity contribution >= 4 is 23.9 Å². The molecule has 0 heterocycles. The SMILES string of the molecule is O=C(O)c1ccccc1NN=C/C=C/c1ccccc1. The van der Waals surface area contributed by atoms with Gasteiger partial charge in [-0.1, -0.05) is 48.5 Å². The number of aromatic carboxylic acids is 1. The maximum absolute atomic E-state index is 11.0. The molecule has 2 N–H and O–H groups in total. The summed E-state index contributed by atoms with van der Waals surface area (Å²) in [6.07, 6.45) is 5.27. The molecule has 0 unspecified atom stereocenters. The van der Waals surface area contributed by atoms with Crippen LogP contribution in [-0.4, -0.2) is 17.3 Å².